The van der Waals surface area contributed by atoms with Gasteiger partial charge in [-0.2, -0.15) is 0 Å². The second-order valence-corrected chi connectivity index (χ2v) is 11.2. The summed E-state index contributed by atoms with van der Waals surface area (Å²) in [6.07, 6.45) is 11.3. The van der Waals surface area contributed by atoms with E-state index in [2.05, 4.69) is 13.2 Å². The largest absolute Gasteiger partial charge is 0.494 e. The van der Waals surface area contributed by atoms with Gasteiger partial charge in [0.15, 0.2) is 0 Å². The molecule has 3 aromatic carbocycles. The Hall–Kier alpha value is -5.22. The van der Waals surface area contributed by atoms with Crippen molar-refractivity contribution in [3.05, 3.63) is 115 Å². The van der Waals surface area contributed by atoms with E-state index in [1.807, 2.05) is 12.1 Å². The van der Waals surface area contributed by atoms with E-state index in [0.29, 0.717) is 55.2 Å². The number of rotatable bonds is 24. The van der Waals surface area contributed by atoms with Crippen LogP contribution in [0.3, 0.4) is 0 Å². The maximum Gasteiger partial charge on any atom is 0.343 e. The first-order valence-corrected chi connectivity index (χ1v) is 17.2. The van der Waals surface area contributed by atoms with Gasteiger partial charge in [0.25, 0.3) is 0 Å². The zero-order valence-electron chi connectivity index (χ0n) is 29.6. The molecule has 0 amide bonds. The molecule has 0 spiro atoms. The third kappa shape index (κ3) is 18.9. The monoisotopic (exact) mass is 702 g/mol. The topological polar surface area (TPSA) is 124 Å². The van der Waals surface area contributed by atoms with E-state index in [-0.39, 0.29) is 6.61 Å². The first kappa shape index (κ1) is 41.9. The van der Waals surface area contributed by atoms with Crippen molar-refractivity contribution < 1.29 is 47.6 Å². The number of unbranched alkanes of at least 4 members (excludes halogenated alkanes) is 6. The molecule has 0 N–H and O–H groups in total. The molecular formula is C41H50O10. The molecule has 51 heavy (non-hydrogen) atoms. The standard InChI is InChI=1S/C38H46O9.C3H4O/c1-3-36(39)45-28-11-7-6-10-27-44-34-22-16-32(17-23-34)38(41)47-35-18-12-30(13-19-35)24-29-46-37(40)31-14-20-33(21-15-31)43-26-9-5-4-8-25-42-2;1-2-3-4/h3,12-23H,1,4-11,24-29H2,2H3;2-3H,1H2. The third-order valence-electron chi connectivity index (χ3n) is 7.26. The van der Waals surface area contributed by atoms with Crippen LogP contribution in [0.2, 0.25) is 0 Å². The van der Waals surface area contributed by atoms with Crippen LogP contribution in [-0.4, -0.2) is 64.3 Å². The first-order chi connectivity index (χ1) is 24.9. The van der Waals surface area contributed by atoms with Gasteiger partial charge in [-0.3, -0.25) is 4.79 Å². The molecule has 0 heterocycles. The minimum atomic E-state index is -0.468. The Morgan fingerprint density at radius 3 is 1.53 bits per heavy atom. The molecule has 0 aliphatic carbocycles. The second-order valence-electron chi connectivity index (χ2n) is 11.2. The van der Waals surface area contributed by atoms with Gasteiger partial charge in [0.05, 0.1) is 37.6 Å². The van der Waals surface area contributed by atoms with Crippen molar-refractivity contribution in [3.63, 3.8) is 0 Å². The molecular weight excluding hydrogens is 652 g/mol. The van der Waals surface area contributed by atoms with Gasteiger partial charge in [-0.1, -0.05) is 31.7 Å². The quantitative estimate of drug-likeness (QED) is 0.0299. The summed E-state index contributed by atoms with van der Waals surface area (Å²) in [5.74, 6) is 0.567. The Morgan fingerprint density at radius 2 is 1.04 bits per heavy atom. The average Bonchev–Trinajstić information content (AvgIpc) is 3.16. The van der Waals surface area contributed by atoms with Crippen molar-refractivity contribution in [3.8, 4) is 17.2 Å². The van der Waals surface area contributed by atoms with Crippen LogP contribution < -0.4 is 14.2 Å². The normalized spacial score (nSPS) is 10.1. The number of allylic oxidation sites excluding steroid dienone is 1. The van der Waals surface area contributed by atoms with Gasteiger partial charge in [-0.15, -0.1) is 0 Å². The number of hydrogen-bond donors (Lipinski definition) is 0. The van der Waals surface area contributed by atoms with E-state index in [0.717, 1.165) is 75.4 Å². The highest BCUT2D eigenvalue weighted by Crippen LogP contribution is 2.18. The minimum absolute atomic E-state index is 0.223. The van der Waals surface area contributed by atoms with Crippen molar-refractivity contribution >= 4 is 24.2 Å². The molecule has 0 bridgehead atoms. The number of aldehydes is 1. The third-order valence-corrected chi connectivity index (χ3v) is 7.26. The van der Waals surface area contributed by atoms with E-state index >= 15 is 0 Å². The lowest BCUT2D eigenvalue weighted by Gasteiger charge is -2.09. The molecule has 0 saturated carbocycles. The van der Waals surface area contributed by atoms with Crippen LogP contribution in [0.25, 0.3) is 0 Å². The fraction of sp³-hybridized carbons (Fsp3) is 0.366. The van der Waals surface area contributed by atoms with Crippen LogP contribution in [0.1, 0.15) is 77.6 Å². The Labute approximate surface area is 301 Å². The molecule has 0 aliphatic heterocycles. The Morgan fingerprint density at radius 1 is 0.569 bits per heavy atom. The van der Waals surface area contributed by atoms with Crippen molar-refractivity contribution in [2.75, 3.05) is 40.1 Å². The number of carbonyl (C=O) groups is 4. The van der Waals surface area contributed by atoms with E-state index in [1.54, 1.807) is 67.8 Å². The van der Waals surface area contributed by atoms with Crippen molar-refractivity contribution in [1.29, 1.82) is 0 Å². The summed E-state index contributed by atoms with van der Waals surface area (Å²) in [7, 11) is 1.71. The second kappa shape index (κ2) is 26.6. The number of hydrogen-bond acceptors (Lipinski definition) is 10. The Bertz CT molecular complexity index is 1440. The van der Waals surface area contributed by atoms with Crippen LogP contribution in [0.5, 0.6) is 17.2 Å². The van der Waals surface area contributed by atoms with E-state index in [4.69, 9.17) is 33.2 Å². The zero-order chi connectivity index (χ0) is 36.9. The lowest BCUT2D eigenvalue weighted by Crippen LogP contribution is -2.09. The van der Waals surface area contributed by atoms with E-state index < -0.39 is 17.9 Å². The molecule has 0 aliphatic rings. The van der Waals surface area contributed by atoms with Crippen molar-refractivity contribution in [2.24, 2.45) is 0 Å². The SMILES string of the molecule is C=CC(=O)OCCCCCCOc1ccc(C(=O)Oc2ccc(CCOC(=O)c3ccc(OCCCCCCOC)cc3)cc2)cc1.C=CC=O. The average molecular weight is 703 g/mol. The van der Waals surface area contributed by atoms with E-state index in [1.165, 1.54) is 6.08 Å². The minimum Gasteiger partial charge on any atom is -0.494 e. The molecule has 10 nitrogen and oxygen atoms in total. The maximum absolute atomic E-state index is 12.6. The van der Waals surface area contributed by atoms with Gasteiger partial charge in [0.1, 0.15) is 23.5 Å². The fourth-order valence-corrected chi connectivity index (χ4v) is 4.48. The van der Waals surface area contributed by atoms with Gasteiger partial charge in [0.2, 0.25) is 0 Å². The zero-order valence-corrected chi connectivity index (χ0v) is 29.6. The van der Waals surface area contributed by atoms with Crippen LogP contribution in [0, 0.1) is 0 Å². The Kier molecular flexibility index (Phi) is 21.9. The summed E-state index contributed by atoms with van der Waals surface area (Å²) in [5, 5.41) is 0. The summed E-state index contributed by atoms with van der Waals surface area (Å²) >= 11 is 0. The highest BCUT2D eigenvalue weighted by atomic mass is 16.5. The van der Waals surface area contributed by atoms with Crippen LogP contribution in [-0.2, 0) is 30.2 Å². The van der Waals surface area contributed by atoms with Gasteiger partial charge in [0, 0.05) is 26.2 Å². The molecule has 3 rings (SSSR count). The maximum atomic E-state index is 12.6. The van der Waals surface area contributed by atoms with Crippen LogP contribution in [0.15, 0.2) is 98.1 Å². The van der Waals surface area contributed by atoms with Gasteiger partial charge in [-0.25, -0.2) is 14.4 Å². The van der Waals surface area contributed by atoms with Crippen LogP contribution >= 0.6 is 0 Å². The van der Waals surface area contributed by atoms with Crippen molar-refractivity contribution in [2.45, 2.75) is 57.8 Å². The predicted octanol–water partition coefficient (Wildman–Crippen LogP) is 7.93. The van der Waals surface area contributed by atoms with Crippen molar-refractivity contribution in [1.82, 2.24) is 0 Å². The molecule has 3 aromatic rings. The molecule has 0 unspecified atom stereocenters. The van der Waals surface area contributed by atoms with Gasteiger partial charge >= 0.3 is 17.9 Å². The number of carbonyl (C=O) groups excluding carboxylic acids is 4. The van der Waals surface area contributed by atoms with Gasteiger partial charge < -0.3 is 28.4 Å². The molecule has 0 fully saturated rings. The molecule has 0 atom stereocenters. The molecule has 274 valence electrons. The highest BCUT2D eigenvalue weighted by molar-refractivity contribution is 5.91. The molecule has 0 aromatic heterocycles. The lowest BCUT2D eigenvalue weighted by atomic mass is 10.1. The lowest BCUT2D eigenvalue weighted by molar-refractivity contribution is -0.137. The number of methoxy groups -OCH3 is 1. The van der Waals surface area contributed by atoms with Crippen LogP contribution in [0.4, 0.5) is 0 Å². The fourth-order valence-electron chi connectivity index (χ4n) is 4.48. The number of ether oxygens (including phenoxy) is 6. The van der Waals surface area contributed by atoms with Gasteiger partial charge in [-0.05, 0) is 117 Å². The smallest absolute Gasteiger partial charge is 0.343 e. The summed E-state index contributed by atoms with van der Waals surface area (Å²) in [6, 6.07) is 20.9. The summed E-state index contributed by atoms with van der Waals surface area (Å²) in [4.78, 5) is 45.1. The first-order valence-electron chi connectivity index (χ1n) is 17.2. The number of benzene rings is 3. The summed E-state index contributed by atoms with van der Waals surface area (Å²) < 4.78 is 32.4. The van der Waals surface area contributed by atoms with E-state index in [9.17, 15) is 14.4 Å². The molecule has 10 heteroatoms. The number of esters is 3. The predicted molar refractivity (Wildman–Crippen MR) is 195 cm³/mol. The Balaban J connectivity index is 0.00000213. The highest BCUT2D eigenvalue weighted by Gasteiger charge is 2.10. The molecule has 0 radical (unpaired) electrons. The summed E-state index contributed by atoms with van der Waals surface area (Å²) in [6.45, 7) is 9.08. The summed E-state index contributed by atoms with van der Waals surface area (Å²) in [5.41, 5.74) is 1.83. The molecule has 0 saturated heterocycles.